The molecule has 1 aliphatic heterocycles. The summed E-state index contributed by atoms with van der Waals surface area (Å²) < 4.78 is 6.62. The standard InChI is InChI=1S/C18H24BrClN2O2/c1-17(2,3)24-16(23)22-10-9-21(12-18(22)7-8-18)11-13-14(19)5-4-6-15(13)20/h4-6H,7-12H2,1-3H3. The number of nitrogens with zero attached hydrogens (tertiary/aromatic N) is 2. The van der Waals surface area contributed by atoms with Gasteiger partial charge >= 0.3 is 6.09 Å². The van der Waals surface area contributed by atoms with Crippen molar-refractivity contribution in [1.82, 2.24) is 9.80 Å². The number of halogens is 2. The summed E-state index contributed by atoms with van der Waals surface area (Å²) in [6.07, 6.45) is 1.91. The molecule has 1 heterocycles. The molecular weight excluding hydrogens is 392 g/mol. The number of amides is 1. The van der Waals surface area contributed by atoms with Crippen molar-refractivity contribution < 1.29 is 9.53 Å². The van der Waals surface area contributed by atoms with E-state index < -0.39 is 5.60 Å². The van der Waals surface area contributed by atoms with E-state index in [9.17, 15) is 4.79 Å². The summed E-state index contributed by atoms with van der Waals surface area (Å²) in [6.45, 7) is 8.95. The van der Waals surface area contributed by atoms with Crippen LogP contribution in [0, 0.1) is 0 Å². The maximum Gasteiger partial charge on any atom is 0.410 e. The number of rotatable bonds is 2. The van der Waals surface area contributed by atoms with Crippen molar-refractivity contribution in [1.29, 1.82) is 0 Å². The predicted molar refractivity (Wildman–Crippen MR) is 99.3 cm³/mol. The molecule has 1 saturated carbocycles. The van der Waals surface area contributed by atoms with E-state index in [1.165, 1.54) is 0 Å². The Hall–Kier alpha value is -0.780. The van der Waals surface area contributed by atoms with Crippen molar-refractivity contribution in [3.63, 3.8) is 0 Å². The van der Waals surface area contributed by atoms with E-state index >= 15 is 0 Å². The molecule has 0 N–H and O–H groups in total. The molecule has 4 nitrogen and oxygen atoms in total. The van der Waals surface area contributed by atoms with Crippen LogP contribution in [0.2, 0.25) is 5.02 Å². The van der Waals surface area contributed by atoms with E-state index in [1.54, 1.807) is 0 Å². The highest BCUT2D eigenvalue weighted by atomic mass is 79.9. The van der Waals surface area contributed by atoms with E-state index in [1.807, 2.05) is 43.9 Å². The molecule has 0 aromatic heterocycles. The maximum atomic E-state index is 12.5. The van der Waals surface area contributed by atoms with E-state index in [-0.39, 0.29) is 11.6 Å². The zero-order valence-electron chi connectivity index (χ0n) is 14.4. The van der Waals surface area contributed by atoms with Crippen LogP contribution in [-0.2, 0) is 11.3 Å². The highest BCUT2D eigenvalue weighted by molar-refractivity contribution is 9.10. The van der Waals surface area contributed by atoms with Crippen LogP contribution in [0.1, 0.15) is 39.2 Å². The Morgan fingerprint density at radius 1 is 1.33 bits per heavy atom. The van der Waals surface area contributed by atoms with Crippen LogP contribution < -0.4 is 0 Å². The smallest absolute Gasteiger partial charge is 0.410 e. The first-order chi connectivity index (χ1) is 11.2. The van der Waals surface area contributed by atoms with Gasteiger partial charge in [-0.3, -0.25) is 9.80 Å². The van der Waals surface area contributed by atoms with E-state index in [4.69, 9.17) is 16.3 Å². The molecule has 2 aliphatic rings. The average Bonchev–Trinajstić information content (AvgIpc) is 3.21. The maximum absolute atomic E-state index is 12.5. The molecule has 0 atom stereocenters. The summed E-state index contributed by atoms with van der Waals surface area (Å²) >= 11 is 9.94. The lowest BCUT2D eigenvalue weighted by molar-refractivity contribution is -0.00810. The van der Waals surface area contributed by atoms with Crippen molar-refractivity contribution in [2.45, 2.75) is 51.3 Å². The molecule has 2 fully saturated rings. The van der Waals surface area contributed by atoms with Crippen molar-refractivity contribution >= 4 is 33.6 Å². The predicted octanol–water partition coefficient (Wildman–Crippen LogP) is 4.69. The van der Waals surface area contributed by atoms with Gasteiger partial charge in [-0.25, -0.2) is 4.79 Å². The van der Waals surface area contributed by atoms with Crippen LogP contribution in [0.3, 0.4) is 0 Å². The number of hydrogen-bond acceptors (Lipinski definition) is 3. The molecule has 132 valence electrons. The summed E-state index contributed by atoms with van der Waals surface area (Å²) in [6, 6.07) is 5.88. The van der Waals surface area contributed by atoms with Crippen LogP contribution in [-0.4, -0.2) is 46.7 Å². The third-order valence-electron chi connectivity index (χ3n) is 4.61. The molecule has 6 heteroatoms. The first kappa shape index (κ1) is 18.0. The lowest BCUT2D eigenvalue weighted by Gasteiger charge is -2.42. The zero-order valence-corrected chi connectivity index (χ0v) is 16.8. The van der Waals surface area contributed by atoms with Crippen LogP contribution >= 0.6 is 27.5 Å². The molecule has 1 amide bonds. The third-order valence-corrected chi connectivity index (χ3v) is 5.71. The number of carbonyl (C=O) groups is 1. The van der Waals surface area contributed by atoms with Gasteiger partial charge in [0.15, 0.2) is 0 Å². The summed E-state index contributed by atoms with van der Waals surface area (Å²) in [5.41, 5.74) is 0.613. The highest BCUT2D eigenvalue weighted by Crippen LogP contribution is 2.45. The fourth-order valence-electron chi connectivity index (χ4n) is 3.28. The number of ether oxygens (including phenoxy) is 1. The van der Waals surface area contributed by atoms with Crippen LogP contribution in [0.25, 0.3) is 0 Å². The van der Waals surface area contributed by atoms with Gasteiger partial charge in [0.2, 0.25) is 0 Å². The number of hydrogen-bond donors (Lipinski definition) is 0. The minimum atomic E-state index is -0.452. The second-order valence-corrected chi connectivity index (χ2v) is 9.03. The van der Waals surface area contributed by atoms with Crippen molar-refractivity contribution in [3.05, 3.63) is 33.3 Å². The van der Waals surface area contributed by atoms with Crippen LogP contribution in [0.5, 0.6) is 0 Å². The van der Waals surface area contributed by atoms with E-state index in [2.05, 4.69) is 20.8 Å². The Kier molecular flexibility index (Phi) is 4.89. The first-order valence-corrected chi connectivity index (χ1v) is 9.53. The second kappa shape index (κ2) is 6.50. The van der Waals surface area contributed by atoms with Gasteiger partial charge in [-0.2, -0.15) is 0 Å². The Bertz CT molecular complexity index is 620. The molecule has 1 aliphatic carbocycles. The highest BCUT2D eigenvalue weighted by Gasteiger charge is 2.54. The Balaban J connectivity index is 1.68. The third kappa shape index (κ3) is 3.89. The van der Waals surface area contributed by atoms with Crippen LogP contribution in [0.15, 0.2) is 22.7 Å². The Morgan fingerprint density at radius 3 is 2.62 bits per heavy atom. The van der Waals surface area contributed by atoms with E-state index in [0.717, 1.165) is 47.5 Å². The average molecular weight is 416 g/mol. The van der Waals surface area contributed by atoms with Gasteiger partial charge in [-0.15, -0.1) is 0 Å². The summed E-state index contributed by atoms with van der Waals surface area (Å²) in [5, 5.41) is 0.781. The largest absolute Gasteiger partial charge is 0.444 e. The first-order valence-electron chi connectivity index (χ1n) is 8.36. The molecule has 0 unspecified atom stereocenters. The molecule has 1 saturated heterocycles. The quantitative estimate of drug-likeness (QED) is 0.702. The zero-order chi connectivity index (χ0) is 17.5. The lowest BCUT2D eigenvalue weighted by atomic mass is 10.1. The molecular formula is C18H24BrClN2O2. The van der Waals surface area contributed by atoms with Gasteiger partial charge in [0, 0.05) is 35.7 Å². The van der Waals surface area contributed by atoms with Gasteiger partial charge in [-0.05, 0) is 51.3 Å². The van der Waals surface area contributed by atoms with E-state index in [0.29, 0.717) is 6.54 Å². The summed E-state index contributed by atoms with van der Waals surface area (Å²) in [5.74, 6) is 0. The lowest BCUT2D eigenvalue weighted by Crippen LogP contribution is -2.57. The van der Waals surface area contributed by atoms with Gasteiger partial charge in [-0.1, -0.05) is 33.6 Å². The summed E-state index contributed by atoms with van der Waals surface area (Å²) in [4.78, 5) is 16.8. The van der Waals surface area contributed by atoms with Gasteiger partial charge in [0.1, 0.15) is 5.60 Å². The molecule has 0 radical (unpaired) electrons. The SMILES string of the molecule is CC(C)(C)OC(=O)N1CCN(Cc2c(Cl)cccc2Br)CC12CC2. The summed E-state index contributed by atoms with van der Waals surface area (Å²) in [7, 11) is 0. The van der Waals surface area contributed by atoms with Gasteiger partial charge < -0.3 is 4.74 Å². The monoisotopic (exact) mass is 414 g/mol. The van der Waals surface area contributed by atoms with Crippen LogP contribution in [0.4, 0.5) is 4.79 Å². The Labute approximate surface area is 157 Å². The number of piperazine rings is 1. The molecule has 1 spiro atoms. The molecule has 3 rings (SSSR count). The minimum absolute atomic E-state index is 0.0473. The topological polar surface area (TPSA) is 32.8 Å². The molecule has 0 bridgehead atoms. The van der Waals surface area contributed by atoms with Crippen molar-refractivity contribution in [2.24, 2.45) is 0 Å². The number of benzene rings is 1. The molecule has 1 aromatic carbocycles. The van der Waals surface area contributed by atoms with Gasteiger partial charge in [0.05, 0.1) is 5.54 Å². The molecule has 1 aromatic rings. The normalized spacial score (nSPS) is 20.3. The fraction of sp³-hybridized carbons (Fsp3) is 0.611. The number of carbonyl (C=O) groups excluding carboxylic acids is 1. The van der Waals surface area contributed by atoms with Crippen molar-refractivity contribution in [3.8, 4) is 0 Å². The van der Waals surface area contributed by atoms with Crippen molar-refractivity contribution in [2.75, 3.05) is 19.6 Å². The Morgan fingerprint density at radius 2 is 2.04 bits per heavy atom. The molecule has 24 heavy (non-hydrogen) atoms. The second-order valence-electron chi connectivity index (χ2n) is 7.77. The minimum Gasteiger partial charge on any atom is -0.444 e. The van der Waals surface area contributed by atoms with Gasteiger partial charge in [0.25, 0.3) is 0 Å². The fourth-order valence-corrected chi connectivity index (χ4v) is 4.12.